The molecule has 0 radical (unpaired) electrons. The van der Waals surface area contributed by atoms with E-state index in [0.29, 0.717) is 11.9 Å². The van der Waals surface area contributed by atoms with E-state index in [1.54, 1.807) is 0 Å². The number of imidazole rings is 1. The molecule has 3 saturated heterocycles. The van der Waals surface area contributed by atoms with E-state index >= 15 is 0 Å². The van der Waals surface area contributed by atoms with E-state index in [1.807, 2.05) is 0 Å². The molecule has 4 heterocycles. The van der Waals surface area contributed by atoms with E-state index in [9.17, 15) is 0 Å². The molecular weight excluding hydrogens is 282 g/mol. The van der Waals surface area contributed by atoms with E-state index in [0.717, 1.165) is 17.9 Å². The fraction of sp³-hybridized carbons (Fsp3) is 0.588. The number of aromatic nitrogens is 2. The van der Waals surface area contributed by atoms with E-state index in [2.05, 4.69) is 34.6 Å². The average Bonchev–Trinajstić information content (AvgIpc) is 2.88. The van der Waals surface area contributed by atoms with Gasteiger partial charge < -0.3 is 9.47 Å². The smallest absolute Gasteiger partial charge is 0.111 e. The summed E-state index contributed by atoms with van der Waals surface area (Å²) in [5.41, 5.74) is 3.73. The van der Waals surface area contributed by atoms with E-state index in [1.165, 1.54) is 49.4 Å². The summed E-state index contributed by atoms with van der Waals surface area (Å²) in [5, 5.41) is 0. The van der Waals surface area contributed by atoms with Crippen LogP contribution in [0.5, 0.6) is 0 Å². The molecule has 0 saturated carbocycles. The van der Waals surface area contributed by atoms with Crippen molar-refractivity contribution in [1.29, 1.82) is 0 Å². The van der Waals surface area contributed by atoms with Gasteiger partial charge in [0, 0.05) is 18.8 Å². The van der Waals surface area contributed by atoms with Crippen molar-refractivity contribution in [3.05, 3.63) is 29.6 Å². The molecule has 2 bridgehead atoms. The minimum absolute atomic E-state index is 0.581. The van der Waals surface area contributed by atoms with Crippen molar-refractivity contribution < 1.29 is 0 Å². The van der Waals surface area contributed by atoms with Crippen LogP contribution in [0, 0.1) is 12.8 Å². The van der Waals surface area contributed by atoms with Gasteiger partial charge in [-0.1, -0.05) is 12.1 Å². The standard InChI is InChI=1S/C17H22ClN3/c1-12-3-2-4-14-17(12)19-16(5-8-18)21(14)15-11-20-9-6-13(15)7-10-20/h2-4,13,15H,5-11H2,1H3. The topological polar surface area (TPSA) is 21.1 Å². The molecule has 2 aromatic rings. The molecule has 0 N–H and O–H groups in total. The van der Waals surface area contributed by atoms with Crippen LogP contribution in [-0.2, 0) is 6.42 Å². The lowest BCUT2D eigenvalue weighted by Crippen LogP contribution is -2.48. The van der Waals surface area contributed by atoms with Crippen molar-refractivity contribution in [2.45, 2.75) is 32.2 Å². The first-order valence-corrected chi connectivity index (χ1v) is 8.56. The minimum atomic E-state index is 0.581. The molecule has 0 spiro atoms. The number of hydrogen-bond acceptors (Lipinski definition) is 2. The molecule has 21 heavy (non-hydrogen) atoms. The highest BCUT2D eigenvalue weighted by Gasteiger charge is 2.36. The molecule has 4 heteroatoms. The first kappa shape index (κ1) is 13.6. The minimum Gasteiger partial charge on any atom is -0.323 e. The van der Waals surface area contributed by atoms with Gasteiger partial charge in [0.1, 0.15) is 5.82 Å². The van der Waals surface area contributed by atoms with E-state index in [-0.39, 0.29) is 0 Å². The van der Waals surface area contributed by atoms with Crippen molar-refractivity contribution >= 4 is 22.6 Å². The number of aryl methyl sites for hydroxylation is 2. The van der Waals surface area contributed by atoms with Crippen LogP contribution >= 0.6 is 11.6 Å². The SMILES string of the molecule is Cc1cccc2c1nc(CCCl)n2C1CN2CCC1CC2. The third kappa shape index (κ3) is 2.18. The summed E-state index contributed by atoms with van der Waals surface area (Å²) in [5.74, 6) is 2.62. The maximum absolute atomic E-state index is 6.03. The molecule has 0 aliphatic carbocycles. The monoisotopic (exact) mass is 303 g/mol. The lowest BCUT2D eigenvalue weighted by molar-refractivity contribution is 0.0576. The van der Waals surface area contributed by atoms with E-state index < -0.39 is 0 Å². The predicted molar refractivity (Wildman–Crippen MR) is 87.1 cm³/mol. The fourth-order valence-corrected chi connectivity index (χ4v) is 4.33. The third-order valence-corrected chi connectivity index (χ3v) is 5.46. The van der Waals surface area contributed by atoms with Gasteiger partial charge in [0.2, 0.25) is 0 Å². The van der Waals surface area contributed by atoms with Crippen LogP contribution in [0.15, 0.2) is 18.2 Å². The zero-order valence-electron chi connectivity index (χ0n) is 12.6. The Morgan fingerprint density at radius 2 is 2.10 bits per heavy atom. The van der Waals surface area contributed by atoms with Gasteiger partial charge in [-0.25, -0.2) is 4.98 Å². The molecule has 0 amide bonds. The normalized spacial score (nSPS) is 28.4. The van der Waals surface area contributed by atoms with Gasteiger partial charge in [0.05, 0.1) is 17.1 Å². The molecule has 1 aromatic heterocycles. The van der Waals surface area contributed by atoms with Crippen LogP contribution < -0.4 is 0 Å². The van der Waals surface area contributed by atoms with Crippen LogP contribution in [0.3, 0.4) is 0 Å². The summed E-state index contributed by atoms with van der Waals surface area (Å²) in [6, 6.07) is 7.12. The van der Waals surface area contributed by atoms with Gasteiger partial charge in [-0.3, -0.25) is 0 Å². The number of alkyl halides is 1. The summed E-state index contributed by atoms with van der Waals surface area (Å²) >= 11 is 6.03. The maximum atomic E-state index is 6.03. The molecule has 3 aliphatic heterocycles. The van der Waals surface area contributed by atoms with Crippen molar-refractivity contribution in [2.24, 2.45) is 5.92 Å². The molecule has 3 nitrogen and oxygen atoms in total. The Kier molecular flexibility index (Phi) is 3.43. The molecule has 3 fully saturated rings. The molecule has 1 atom stereocenters. The van der Waals surface area contributed by atoms with Crippen molar-refractivity contribution in [3.63, 3.8) is 0 Å². The average molecular weight is 304 g/mol. The first-order valence-electron chi connectivity index (χ1n) is 8.02. The number of nitrogens with zero attached hydrogens (tertiary/aromatic N) is 3. The quantitative estimate of drug-likeness (QED) is 0.810. The summed E-state index contributed by atoms with van der Waals surface area (Å²) in [4.78, 5) is 7.53. The molecule has 1 unspecified atom stereocenters. The highest BCUT2D eigenvalue weighted by atomic mass is 35.5. The fourth-order valence-electron chi connectivity index (χ4n) is 4.16. The number of hydrogen-bond donors (Lipinski definition) is 0. The van der Waals surface area contributed by atoms with Crippen molar-refractivity contribution in [3.8, 4) is 0 Å². The molecular formula is C17H22ClN3. The summed E-state index contributed by atoms with van der Waals surface area (Å²) in [7, 11) is 0. The number of para-hydroxylation sites is 1. The van der Waals surface area contributed by atoms with Gasteiger partial charge in [-0.05, 0) is 50.4 Å². The summed E-state index contributed by atoms with van der Waals surface area (Å²) < 4.78 is 2.51. The summed E-state index contributed by atoms with van der Waals surface area (Å²) in [6.07, 6.45) is 3.52. The van der Waals surface area contributed by atoms with Crippen LogP contribution in [0.4, 0.5) is 0 Å². The highest BCUT2D eigenvalue weighted by molar-refractivity contribution is 6.17. The van der Waals surface area contributed by atoms with E-state index in [4.69, 9.17) is 16.6 Å². The lowest BCUT2D eigenvalue weighted by Gasteiger charge is -2.45. The number of piperidine rings is 3. The Morgan fingerprint density at radius 1 is 1.29 bits per heavy atom. The second-order valence-electron chi connectivity index (χ2n) is 6.49. The van der Waals surface area contributed by atoms with Crippen LogP contribution in [-0.4, -0.2) is 40.0 Å². The summed E-state index contributed by atoms with van der Waals surface area (Å²) in [6.45, 7) is 5.88. The van der Waals surface area contributed by atoms with Crippen LogP contribution in [0.1, 0.15) is 30.3 Å². The van der Waals surface area contributed by atoms with Crippen molar-refractivity contribution in [2.75, 3.05) is 25.5 Å². The third-order valence-electron chi connectivity index (χ3n) is 5.27. The lowest BCUT2D eigenvalue weighted by atomic mass is 9.83. The molecule has 112 valence electrons. The number of halogens is 1. The van der Waals surface area contributed by atoms with Crippen LogP contribution in [0.25, 0.3) is 11.0 Å². The highest BCUT2D eigenvalue weighted by Crippen LogP contribution is 2.38. The van der Waals surface area contributed by atoms with Crippen molar-refractivity contribution in [1.82, 2.24) is 14.5 Å². The Balaban J connectivity index is 1.86. The maximum Gasteiger partial charge on any atom is 0.111 e. The zero-order chi connectivity index (χ0) is 14.4. The number of rotatable bonds is 3. The Bertz CT molecular complexity index is 655. The second-order valence-corrected chi connectivity index (χ2v) is 6.86. The molecule has 3 aliphatic rings. The largest absolute Gasteiger partial charge is 0.323 e. The van der Waals surface area contributed by atoms with Gasteiger partial charge in [-0.2, -0.15) is 0 Å². The number of benzene rings is 1. The second kappa shape index (κ2) is 5.29. The first-order chi connectivity index (χ1) is 10.3. The van der Waals surface area contributed by atoms with Gasteiger partial charge in [0.15, 0.2) is 0 Å². The molecule has 5 rings (SSSR count). The predicted octanol–water partition coefficient (Wildman–Crippen LogP) is 3.39. The van der Waals surface area contributed by atoms with Gasteiger partial charge >= 0.3 is 0 Å². The van der Waals surface area contributed by atoms with Gasteiger partial charge in [0.25, 0.3) is 0 Å². The molecule has 1 aromatic carbocycles. The number of fused-ring (bicyclic) bond motifs is 4. The Hall–Kier alpha value is -1.06. The Labute approximate surface area is 130 Å². The van der Waals surface area contributed by atoms with Crippen LogP contribution in [0.2, 0.25) is 0 Å². The Morgan fingerprint density at radius 3 is 2.76 bits per heavy atom. The van der Waals surface area contributed by atoms with Gasteiger partial charge in [-0.15, -0.1) is 11.6 Å². The zero-order valence-corrected chi connectivity index (χ0v) is 13.3.